The van der Waals surface area contributed by atoms with Crippen LogP contribution in [0.1, 0.15) is 21.5 Å². The molecule has 2 aromatic carbocycles. The molecular weight excluding hydrogens is 264 g/mol. The average Bonchev–Trinajstić information content (AvgIpc) is 2.39. The smallest absolute Gasteiger partial charge is 0.128 e. The molecule has 0 spiro atoms. The van der Waals surface area contributed by atoms with Crippen molar-refractivity contribution < 1.29 is 14.6 Å². The summed E-state index contributed by atoms with van der Waals surface area (Å²) < 4.78 is 5.50. The van der Waals surface area contributed by atoms with E-state index < -0.39 is 5.97 Å². The lowest BCUT2D eigenvalue weighted by atomic mass is 10.1. The fraction of sp³-hybridized carbons (Fsp3) is 0.133. The fourth-order valence-corrected chi connectivity index (χ4v) is 1.81. The van der Waals surface area contributed by atoms with Gasteiger partial charge in [0.2, 0.25) is 0 Å². The van der Waals surface area contributed by atoms with Crippen molar-refractivity contribution in [2.75, 3.05) is 0 Å². The van der Waals surface area contributed by atoms with E-state index in [2.05, 4.69) is 0 Å². The molecule has 4 heteroatoms. The Morgan fingerprint density at radius 1 is 1.21 bits per heavy atom. The van der Waals surface area contributed by atoms with Gasteiger partial charge in [0, 0.05) is 10.6 Å². The van der Waals surface area contributed by atoms with Crippen molar-refractivity contribution in [3.8, 4) is 5.75 Å². The number of halogens is 1. The standard InChI is InChI=1S/C15H13ClO3/c1-10-2-4-11(5-3-10)9-19-14-7-6-12(16)8-13(14)15(17)18/h2-8H,9H2,1H3,(H,17,18)/p-1. The third-order valence-corrected chi connectivity index (χ3v) is 2.91. The van der Waals surface area contributed by atoms with E-state index in [0.717, 1.165) is 11.1 Å². The third-order valence-electron chi connectivity index (χ3n) is 2.68. The van der Waals surface area contributed by atoms with Crippen molar-refractivity contribution in [3.05, 3.63) is 64.2 Å². The third kappa shape index (κ3) is 3.48. The minimum Gasteiger partial charge on any atom is -0.545 e. The van der Waals surface area contributed by atoms with Crippen LogP contribution in [0.4, 0.5) is 0 Å². The van der Waals surface area contributed by atoms with Gasteiger partial charge in [0.1, 0.15) is 12.4 Å². The number of aromatic carboxylic acids is 1. The zero-order valence-corrected chi connectivity index (χ0v) is 11.1. The average molecular weight is 276 g/mol. The van der Waals surface area contributed by atoms with Crippen LogP contribution in [-0.2, 0) is 6.61 Å². The summed E-state index contributed by atoms with van der Waals surface area (Å²) in [5.41, 5.74) is 2.08. The topological polar surface area (TPSA) is 49.4 Å². The molecule has 0 aliphatic carbocycles. The molecule has 0 radical (unpaired) electrons. The number of ether oxygens (including phenoxy) is 1. The highest BCUT2D eigenvalue weighted by Gasteiger charge is 2.06. The number of hydrogen-bond acceptors (Lipinski definition) is 3. The molecule has 19 heavy (non-hydrogen) atoms. The highest BCUT2D eigenvalue weighted by Crippen LogP contribution is 2.23. The number of carboxylic acid groups (broad SMARTS) is 1. The Hall–Kier alpha value is -2.00. The van der Waals surface area contributed by atoms with Crippen molar-refractivity contribution >= 4 is 17.6 Å². The summed E-state index contributed by atoms with van der Waals surface area (Å²) in [5, 5.41) is 11.3. The molecule has 0 aliphatic heterocycles. The summed E-state index contributed by atoms with van der Waals surface area (Å²) in [6, 6.07) is 12.2. The molecule has 0 aliphatic rings. The summed E-state index contributed by atoms with van der Waals surface area (Å²) in [5.74, 6) is -1.05. The van der Waals surface area contributed by atoms with Gasteiger partial charge in [-0.25, -0.2) is 0 Å². The molecule has 3 nitrogen and oxygen atoms in total. The quantitative estimate of drug-likeness (QED) is 0.862. The maximum atomic E-state index is 11.0. The van der Waals surface area contributed by atoms with Crippen LogP contribution >= 0.6 is 11.6 Å². The van der Waals surface area contributed by atoms with E-state index in [1.807, 2.05) is 31.2 Å². The number of benzene rings is 2. The lowest BCUT2D eigenvalue weighted by Crippen LogP contribution is -2.23. The molecule has 0 saturated carbocycles. The van der Waals surface area contributed by atoms with Crippen molar-refractivity contribution in [2.45, 2.75) is 13.5 Å². The van der Waals surface area contributed by atoms with E-state index in [1.54, 1.807) is 6.07 Å². The normalized spacial score (nSPS) is 10.2. The largest absolute Gasteiger partial charge is 0.545 e. The van der Waals surface area contributed by atoms with E-state index >= 15 is 0 Å². The van der Waals surface area contributed by atoms with Crippen molar-refractivity contribution in [1.82, 2.24) is 0 Å². The van der Waals surface area contributed by atoms with Crippen molar-refractivity contribution in [1.29, 1.82) is 0 Å². The van der Waals surface area contributed by atoms with E-state index in [0.29, 0.717) is 11.6 Å². The van der Waals surface area contributed by atoms with Crippen LogP contribution in [0.2, 0.25) is 5.02 Å². The number of carbonyl (C=O) groups excluding carboxylic acids is 1. The van der Waals surface area contributed by atoms with Gasteiger partial charge in [-0.1, -0.05) is 41.4 Å². The molecular formula is C15H12ClO3-. The predicted octanol–water partition coefficient (Wildman–Crippen LogP) is 2.59. The number of carbonyl (C=O) groups is 1. The Bertz CT molecular complexity index is 591. The lowest BCUT2D eigenvalue weighted by Gasteiger charge is -2.12. The second-order valence-corrected chi connectivity index (χ2v) is 4.64. The molecule has 0 bridgehead atoms. The van der Waals surface area contributed by atoms with Crippen molar-refractivity contribution in [2.24, 2.45) is 0 Å². The first-order chi connectivity index (χ1) is 9.06. The number of rotatable bonds is 4. The van der Waals surface area contributed by atoms with Gasteiger partial charge < -0.3 is 14.6 Å². The maximum Gasteiger partial charge on any atom is 0.128 e. The Kier molecular flexibility index (Phi) is 4.07. The Balaban J connectivity index is 2.15. The number of carboxylic acids is 1. The monoisotopic (exact) mass is 275 g/mol. The molecule has 0 fully saturated rings. The van der Waals surface area contributed by atoms with Gasteiger partial charge in [0.15, 0.2) is 0 Å². The van der Waals surface area contributed by atoms with Crippen LogP contribution in [0.15, 0.2) is 42.5 Å². The van der Waals surface area contributed by atoms with Crippen LogP contribution in [0.25, 0.3) is 0 Å². The molecule has 0 heterocycles. The number of hydrogen-bond donors (Lipinski definition) is 0. The van der Waals surface area contributed by atoms with E-state index in [9.17, 15) is 9.90 Å². The van der Waals surface area contributed by atoms with Crippen LogP contribution in [0.3, 0.4) is 0 Å². The van der Waals surface area contributed by atoms with E-state index in [-0.39, 0.29) is 11.3 Å². The zero-order chi connectivity index (χ0) is 13.8. The summed E-state index contributed by atoms with van der Waals surface area (Å²) in [6.45, 7) is 2.29. The summed E-state index contributed by atoms with van der Waals surface area (Å²) in [6.07, 6.45) is 0. The second kappa shape index (κ2) is 5.76. The van der Waals surface area contributed by atoms with Gasteiger partial charge in [-0.2, -0.15) is 0 Å². The fourth-order valence-electron chi connectivity index (χ4n) is 1.63. The van der Waals surface area contributed by atoms with Crippen LogP contribution in [0.5, 0.6) is 5.75 Å². The van der Waals surface area contributed by atoms with Gasteiger partial charge in [0.25, 0.3) is 0 Å². The molecule has 2 aromatic rings. The summed E-state index contributed by atoms with van der Waals surface area (Å²) in [4.78, 5) is 11.0. The molecule has 0 aromatic heterocycles. The maximum absolute atomic E-state index is 11.0. The van der Waals surface area contributed by atoms with E-state index in [1.165, 1.54) is 12.1 Å². The van der Waals surface area contributed by atoms with Crippen LogP contribution in [-0.4, -0.2) is 5.97 Å². The molecule has 2 rings (SSSR count). The van der Waals surface area contributed by atoms with Crippen LogP contribution in [0, 0.1) is 6.92 Å². The first-order valence-electron chi connectivity index (χ1n) is 5.75. The van der Waals surface area contributed by atoms with Crippen LogP contribution < -0.4 is 9.84 Å². The number of aryl methyl sites for hydroxylation is 1. The first-order valence-corrected chi connectivity index (χ1v) is 6.13. The van der Waals surface area contributed by atoms with Gasteiger partial charge in [-0.15, -0.1) is 0 Å². The zero-order valence-electron chi connectivity index (χ0n) is 10.4. The molecule has 0 unspecified atom stereocenters. The van der Waals surface area contributed by atoms with Crippen molar-refractivity contribution in [3.63, 3.8) is 0 Å². The molecule has 0 amide bonds. The Morgan fingerprint density at radius 3 is 2.53 bits per heavy atom. The minimum atomic E-state index is -1.30. The molecule has 98 valence electrons. The second-order valence-electron chi connectivity index (χ2n) is 4.20. The minimum absolute atomic E-state index is 0.0420. The van der Waals surface area contributed by atoms with Gasteiger partial charge in [0.05, 0.1) is 5.97 Å². The summed E-state index contributed by atoms with van der Waals surface area (Å²) in [7, 11) is 0. The Morgan fingerprint density at radius 2 is 1.89 bits per heavy atom. The predicted molar refractivity (Wildman–Crippen MR) is 71.3 cm³/mol. The van der Waals surface area contributed by atoms with Gasteiger partial charge in [-0.05, 0) is 30.7 Å². The lowest BCUT2D eigenvalue weighted by molar-refractivity contribution is -0.255. The molecule has 0 N–H and O–H groups in total. The highest BCUT2D eigenvalue weighted by molar-refractivity contribution is 6.31. The molecule has 0 saturated heterocycles. The molecule has 0 atom stereocenters. The SMILES string of the molecule is Cc1ccc(COc2ccc(Cl)cc2C(=O)[O-])cc1. The van der Waals surface area contributed by atoms with Gasteiger partial charge in [-0.3, -0.25) is 0 Å². The van der Waals surface area contributed by atoms with Gasteiger partial charge >= 0.3 is 0 Å². The Labute approximate surface area is 116 Å². The highest BCUT2D eigenvalue weighted by atomic mass is 35.5. The van der Waals surface area contributed by atoms with E-state index in [4.69, 9.17) is 16.3 Å². The summed E-state index contributed by atoms with van der Waals surface area (Å²) >= 11 is 5.75. The first kappa shape index (κ1) is 13.4.